The molecule has 0 aromatic heterocycles. The Labute approximate surface area is 66.6 Å². The summed E-state index contributed by atoms with van der Waals surface area (Å²) in [6.07, 6.45) is 2.35. The van der Waals surface area contributed by atoms with E-state index in [-0.39, 0.29) is 11.8 Å². The fourth-order valence-electron chi connectivity index (χ4n) is 1.78. The van der Waals surface area contributed by atoms with Crippen LogP contribution in [0.15, 0.2) is 0 Å². The van der Waals surface area contributed by atoms with Crippen molar-refractivity contribution in [3.63, 3.8) is 0 Å². The van der Waals surface area contributed by atoms with Crippen LogP contribution in [0.3, 0.4) is 0 Å². The molecule has 0 unspecified atom stereocenters. The molecule has 1 aliphatic carbocycles. The Morgan fingerprint density at radius 1 is 1.82 bits per heavy atom. The van der Waals surface area contributed by atoms with Gasteiger partial charge in [-0.15, -0.1) is 0 Å². The number of nitrogens with two attached hydrogens (primary N) is 1. The first-order valence-corrected chi connectivity index (χ1v) is 4.02. The summed E-state index contributed by atoms with van der Waals surface area (Å²) in [7, 11) is 0. The summed E-state index contributed by atoms with van der Waals surface area (Å²) in [5.74, 6) is -0.231. The van der Waals surface area contributed by atoms with Crippen molar-refractivity contribution in [2.45, 2.75) is 26.2 Å². The fraction of sp³-hybridized carbons (Fsp3) is 0.875. The van der Waals surface area contributed by atoms with Crippen molar-refractivity contribution in [1.82, 2.24) is 0 Å². The van der Waals surface area contributed by atoms with Crippen molar-refractivity contribution < 1.29 is 9.90 Å². The Morgan fingerprint density at radius 3 is 2.55 bits per heavy atom. The van der Waals surface area contributed by atoms with Crippen molar-refractivity contribution in [2.24, 2.45) is 17.1 Å². The molecule has 3 nitrogen and oxygen atoms in total. The zero-order chi connectivity index (χ0) is 8.48. The van der Waals surface area contributed by atoms with E-state index in [1.807, 2.05) is 0 Å². The lowest BCUT2D eigenvalue weighted by atomic mass is 9.59. The summed E-state index contributed by atoms with van der Waals surface area (Å²) in [5, 5.41) is 8.61. The Hall–Kier alpha value is -0.570. The average Bonchev–Trinajstić information content (AvgIpc) is 1.96. The number of aliphatic carboxylic acids is 1. The Balaban J connectivity index is 2.54. The van der Waals surface area contributed by atoms with Crippen LogP contribution in [-0.2, 0) is 4.79 Å². The van der Waals surface area contributed by atoms with Gasteiger partial charge in [0.25, 0.3) is 0 Å². The van der Waals surface area contributed by atoms with Gasteiger partial charge in [0, 0.05) is 0 Å². The van der Waals surface area contributed by atoms with Gasteiger partial charge in [0.1, 0.15) is 0 Å². The van der Waals surface area contributed by atoms with Crippen LogP contribution in [-0.4, -0.2) is 17.6 Å². The first-order chi connectivity index (χ1) is 5.10. The van der Waals surface area contributed by atoms with E-state index in [2.05, 4.69) is 6.92 Å². The van der Waals surface area contributed by atoms with Gasteiger partial charge in [-0.3, -0.25) is 4.79 Å². The number of hydrogen-bond donors (Lipinski definition) is 2. The highest BCUT2D eigenvalue weighted by molar-refractivity contribution is 5.68. The molecular weight excluding hydrogens is 142 g/mol. The maximum absolute atomic E-state index is 10.5. The van der Waals surface area contributed by atoms with Crippen molar-refractivity contribution in [1.29, 1.82) is 0 Å². The van der Waals surface area contributed by atoms with E-state index in [1.54, 1.807) is 0 Å². The topological polar surface area (TPSA) is 63.3 Å². The summed E-state index contributed by atoms with van der Waals surface area (Å²) in [6, 6.07) is 0. The lowest BCUT2D eigenvalue weighted by molar-refractivity contribution is -0.143. The first-order valence-electron chi connectivity index (χ1n) is 4.02. The maximum Gasteiger partial charge on any atom is 0.303 e. The second kappa shape index (κ2) is 2.81. The molecule has 0 saturated heterocycles. The predicted molar refractivity (Wildman–Crippen MR) is 42.1 cm³/mol. The molecule has 1 aliphatic rings. The molecular formula is C8H15NO2. The Bertz CT molecular complexity index is 165. The lowest BCUT2D eigenvalue weighted by Crippen LogP contribution is -2.46. The standard InChI is InChI=1S/C8H15NO2/c1-6-2-3-8(6,5-9)4-7(10)11/h6H,2-5,9H2,1H3,(H,10,11)/t6-,8-/m1/s1. The van der Waals surface area contributed by atoms with Gasteiger partial charge >= 0.3 is 5.97 Å². The van der Waals surface area contributed by atoms with Gasteiger partial charge in [-0.2, -0.15) is 0 Å². The van der Waals surface area contributed by atoms with Crippen molar-refractivity contribution in [3.8, 4) is 0 Å². The third-order valence-electron chi connectivity index (χ3n) is 3.03. The van der Waals surface area contributed by atoms with Crippen LogP contribution in [0.1, 0.15) is 26.2 Å². The molecule has 1 fully saturated rings. The van der Waals surface area contributed by atoms with Crippen LogP contribution in [0, 0.1) is 11.3 Å². The summed E-state index contributed by atoms with van der Waals surface area (Å²) < 4.78 is 0. The quantitative estimate of drug-likeness (QED) is 0.638. The summed E-state index contributed by atoms with van der Waals surface area (Å²) in [5.41, 5.74) is 5.47. The molecule has 1 rings (SSSR count). The smallest absolute Gasteiger partial charge is 0.303 e. The second-order valence-corrected chi connectivity index (χ2v) is 3.58. The van der Waals surface area contributed by atoms with E-state index in [4.69, 9.17) is 10.8 Å². The predicted octanol–water partition coefficient (Wildman–Crippen LogP) is 0.836. The normalized spacial score (nSPS) is 36.4. The van der Waals surface area contributed by atoms with Gasteiger partial charge in [-0.25, -0.2) is 0 Å². The van der Waals surface area contributed by atoms with Crippen LogP contribution in [0.5, 0.6) is 0 Å². The molecule has 0 aromatic rings. The van der Waals surface area contributed by atoms with Crippen molar-refractivity contribution in [3.05, 3.63) is 0 Å². The largest absolute Gasteiger partial charge is 0.481 e. The summed E-state index contributed by atoms with van der Waals surface area (Å²) in [6.45, 7) is 2.60. The lowest BCUT2D eigenvalue weighted by Gasteiger charge is -2.46. The van der Waals surface area contributed by atoms with E-state index in [1.165, 1.54) is 0 Å². The minimum absolute atomic E-state index is 0.0775. The monoisotopic (exact) mass is 157 g/mol. The van der Waals surface area contributed by atoms with Crippen molar-refractivity contribution in [2.75, 3.05) is 6.54 Å². The van der Waals surface area contributed by atoms with Crippen LogP contribution in [0.25, 0.3) is 0 Å². The average molecular weight is 157 g/mol. The molecule has 0 radical (unpaired) electrons. The van der Waals surface area contributed by atoms with Gasteiger partial charge in [0.05, 0.1) is 6.42 Å². The van der Waals surface area contributed by atoms with Crippen LogP contribution < -0.4 is 5.73 Å². The molecule has 0 spiro atoms. The van der Waals surface area contributed by atoms with E-state index in [0.29, 0.717) is 12.5 Å². The highest BCUT2D eigenvalue weighted by atomic mass is 16.4. The molecule has 1 saturated carbocycles. The third kappa shape index (κ3) is 1.38. The number of carboxylic acids is 1. The highest BCUT2D eigenvalue weighted by Gasteiger charge is 2.44. The summed E-state index contributed by atoms with van der Waals surface area (Å²) >= 11 is 0. The number of rotatable bonds is 3. The Kier molecular flexibility index (Phi) is 2.18. The molecule has 3 N–H and O–H groups in total. The van der Waals surface area contributed by atoms with Crippen LogP contribution in [0.2, 0.25) is 0 Å². The van der Waals surface area contributed by atoms with Crippen LogP contribution >= 0.6 is 0 Å². The first kappa shape index (κ1) is 8.53. The molecule has 11 heavy (non-hydrogen) atoms. The highest BCUT2D eigenvalue weighted by Crippen LogP contribution is 2.48. The zero-order valence-electron chi connectivity index (χ0n) is 6.84. The van der Waals surface area contributed by atoms with Gasteiger partial charge in [0.2, 0.25) is 0 Å². The molecule has 64 valence electrons. The zero-order valence-corrected chi connectivity index (χ0v) is 6.84. The van der Waals surface area contributed by atoms with Gasteiger partial charge in [-0.1, -0.05) is 6.92 Å². The number of carboxylic acid groups (broad SMARTS) is 1. The Morgan fingerprint density at radius 2 is 2.45 bits per heavy atom. The number of hydrogen-bond acceptors (Lipinski definition) is 2. The maximum atomic E-state index is 10.5. The molecule has 0 heterocycles. The molecule has 0 bridgehead atoms. The number of carbonyl (C=O) groups is 1. The molecule has 0 amide bonds. The fourth-order valence-corrected chi connectivity index (χ4v) is 1.78. The van der Waals surface area contributed by atoms with E-state index in [9.17, 15) is 4.79 Å². The second-order valence-electron chi connectivity index (χ2n) is 3.58. The summed E-state index contributed by atoms with van der Waals surface area (Å²) in [4.78, 5) is 10.5. The molecule has 3 heteroatoms. The third-order valence-corrected chi connectivity index (χ3v) is 3.03. The SMILES string of the molecule is C[C@@H]1CC[C@]1(CN)CC(=O)O. The minimum atomic E-state index is -0.720. The van der Waals surface area contributed by atoms with E-state index >= 15 is 0 Å². The molecule has 0 aliphatic heterocycles. The molecule has 2 atom stereocenters. The van der Waals surface area contributed by atoms with E-state index in [0.717, 1.165) is 12.8 Å². The van der Waals surface area contributed by atoms with Gasteiger partial charge in [0.15, 0.2) is 0 Å². The molecule has 0 aromatic carbocycles. The van der Waals surface area contributed by atoms with Gasteiger partial charge in [-0.05, 0) is 30.7 Å². The van der Waals surface area contributed by atoms with Crippen LogP contribution in [0.4, 0.5) is 0 Å². The van der Waals surface area contributed by atoms with Gasteiger partial charge < -0.3 is 10.8 Å². The minimum Gasteiger partial charge on any atom is -0.481 e. The van der Waals surface area contributed by atoms with Crippen molar-refractivity contribution >= 4 is 5.97 Å². The van der Waals surface area contributed by atoms with E-state index < -0.39 is 5.97 Å².